The first kappa shape index (κ1) is 19.4. The third-order valence-corrected chi connectivity index (χ3v) is 3.92. The number of hydrogen-bond acceptors (Lipinski definition) is 4. The standard InChI is InChI=1S/C22H21FN2O3/c1-2-27-19-7-3-16(4-8-19)13-21(26)25-15-17-11-12-24-22(14-17)28-20-9-5-18(23)6-10-20/h3-12,14H,2,13,15H2,1H3,(H,25,26). The number of aromatic nitrogens is 1. The Morgan fingerprint density at radius 3 is 2.43 bits per heavy atom. The lowest BCUT2D eigenvalue weighted by molar-refractivity contribution is -0.120. The first-order valence-electron chi connectivity index (χ1n) is 8.99. The molecule has 1 heterocycles. The number of amides is 1. The van der Waals surface area contributed by atoms with Gasteiger partial charge in [0.25, 0.3) is 0 Å². The van der Waals surface area contributed by atoms with E-state index in [-0.39, 0.29) is 18.1 Å². The minimum Gasteiger partial charge on any atom is -0.494 e. The predicted molar refractivity (Wildman–Crippen MR) is 104 cm³/mol. The van der Waals surface area contributed by atoms with Gasteiger partial charge >= 0.3 is 0 Å². The SMILES string of the molecule is CCOc1ccc(CC(=O)NCc2ccnc(Oc3ccc(F)cc3)c2)cc1. The largest absolute Gasteiger partial charge is 0.494 e. The average Bonchev–Trinajstić information content (AvgIpc) is 2.70. The van der Waals surface area contributed by atoms with Crippen LogP contribution in [0.15, 0.2) is 66.9 Å². The molecule has 0 aliphatic carbocycles. The van der Waals surface area contributed by atoms with Crippen molar-refractivity contribution in [1.29, 1.82) is 0 Å². The van der Waals surface area contributed by atoms with Gasteiger partial charge in [0.15, 0.2) is 0 Å². The van der Waals surface area contributed by atoms with Crippen LogP contribution in [-0.4, -0.2) is 17.5 Å². The maximum atomic E-state index is 13.0. The Hall–Kier alpha value is -3.41. The second kappa shape index (κ2) is 9.50. The lowest BCUT2D eigenvalue weighted by Crippen LogP contribution is -2.24. The summed E-state index contributed by atoms with van der Waals surface area (Å²) in [6.45, 7) is 2.90. The molecule has 0 aliphatic heterocycles. The highest BCUT2D eigenvalue weighted by molar-refractivity contribution is 5.78. The fourth-order valence-corrected chi connectivity index (χ4v) is 2.56. The van der Waals surface area contributed by atoms with E-state index in [1.165, 1.54) is 24.3 Å². The van der Waals surface area contributed by atoms with E-state index >= 15 is 0 Å². The summed E-state index contributed by atoms with van der Waals surface area (Å²) in [5.41, 5.74) is 1.77. The molecular weight excluding hydrogens is 359 g/mol. The van der Waals surface area contributed by atoms with Gasteiger partial charge in [0.1, 0.15) is 17.3 Å². The van der Waals surface area contributed by atoms with Crippen molar-refractivity contribution in [3.8, 4) is 17.4 Å². The van der Waals surface area contributed by atoms with Gasteiger partial charge in [0.2, 0.25) is 11.8 Å². The zero-order chi connectivity index (χ0) is 19.8. The molecule has 1 N–H and O–H groups in total. The highest BCUT2D eigenvalue weighted by Crippen LogP contribution is 2.20. The lowest BCUT2D eigenvalue weighted by atomic mass is 10.1. The smallest absolute Gasteiger partial charge is 0.224 e. The Bertz CT molecular complexity index is 912. The lowest BCUT2D eigenvalue weighted by Gasteiger charge is -2.09. The fraction of sp³-hybridized carbons (Fsp3) is 0.182. The number of nitrogens with one attached hydrogen (secondary N) is 1. The molecule has 0 radical (unpaired) electrons. The first-order valence-corrected chi connectivity index (χ1v) is 8.99. The van der Waals surface area contributed by atoms with Crippen LogP contribution >= 0.6 is 0 Å². The summed E-state index contributed by atoms with van der Waals surface area (Å²) in [4.78, 5) is 16.3. The zero-order valence-corrected chi connectivity index (χ0v) is 15.5. The molecule has 28 heavy (non-hydrogen) atoms. The van der Waals surface area contributed by atoms with Crippen LogP contribution in [0.1, 0.15) is 18.1 Å². The fourth-order valence-electron chi connectivity index (χ4n) is 2.56. The Balaban J connectivity index is 1.52. The molecule has 3 aromatic rings. The molecule has 3 rings (SSSR count). The van der Waals surface area contributed by atoms with E-state index in [4.69, 9.17) is 9.47 Å². The van der Waals surface area contributed by atoms with Gasteiger partial charge in [-0.1, -0.05) is 12.1 Å². The van der Waals surface area contributed by atoms with Crippen molar-refractivity contribution in [3.63, 3.8) is 0 Å². The number of pyridine rings is 1. The third-order valence-electron chi connectivity index (χ3n) is 3.92. The van der Waals surface area contributed by atoms with Gasteiger partial charge in [-0.05, 0) is 60.5 Å². The van der Waals surface area contributed by atoms with E-state index in [1.54, 1.807) is 18.3 Å². The Morgan fingerprint density at radius 2 is 1.71 bits per heavy atom. The highest BCUT2D eigenvalue weighted by Gasteiger charge is 2.06. The molecule has 6 heteroatoms. The molecule has 0 aliphatic rings. The van der Waals surface area contributed by atoms with Crippen LogP contribution in [0.25, 0.3) is 0 Å². The molecule has 0 saturated heterocycles. The van der Waals surface area contributed by atoms with Crippen LogP contribution in [0.3, 0.4) is 0 Å². The summed E-state index contributed by atoms with van der Waals surface area (Å²) in [6.07, 6.45) is 1.89. The zero-order valence-electron chi connectivity index (χ0n) is 15.5. The van der Waals surface area contributed by atoms with Crippen LogP contribution in [0.4, 0.5) is 4.39 Å². The number of halogens is 1. The van der Waals surface area contributed by atoms with E-state index in [0.29, 0.717) is 24.8 Å². The maximum Gasteiger partial charge on any atom is 0.224 e. The molecule has 2 aromatic carbocycles. The van der Waals surface area contributed by atoms with Gasteiger partial charge in [-0.3, -0.25) is 4.79 Å². The number of hydrogen-bond donors (Lipinski definition) is 1. The maximum absolute atomic E-state index is 13.0. The van der Waals surface area contributed by atoms with Crippen molar-refractivity contribution in [2.75, 3.05) is 6.61 Å². The predicted octanol–water partition coefficient (Wildman–Crippen LogP) is 4.27. The van der Waals surface area contributed by atoms with E-state index in [9.17, 15) is 9.18 Å². The Kier molecular flexibility index (Phi) is 6.57. The molecule has 1 aromatic heterocycles. The molecule has 0 atom stereocenters. The van der Waals surface area contributed by atoms with E-state index in [1.807, 2.05) is 31.2 Å². The summed E-state index contributed by atoms with van der Waals surface area (Å²) < 4.78 is 24.0. The second-order valence-electron chi connectivity index (χ2n) is 6.09. The molecular formula is C22H21FN2O3. The van der Waals surface area contributed by atoms with Crippen molar-refractivity contribution >= 4 is 5.91 Å². The average molecular weight is 380 g/mol. The van der Waals surface area contributed by atoms with Gasteiger partial charge in [0, 0.05) is 18.8 Å². The van der Waals surface area contributed by atoms with Gasteiger partial charge in [0.05, 0.1) is 13.0 Å². The van der Waals surface area contributed by atoms with Crippen LogP contribution in [0.5, 0.6) is 17.4 Å². The molecule has 0 bridgehead atoms. The van der Waals surface area contributed by atoms with Crippen molar-refractivity contribution in [2.24, 2.45) is 0 Å². The minimum absolute atomic E-state index is 0.0815. The van der Waals surface area contributed by atoms with Crippen LogP contribution in [0.2, 0.25) is 0 Å². The van der Waals surface area contributed by atoms with Gasteiger partial charge in [-0.15, -0.1) is 0 Å². The minimum atomic E-state index is -0.329. The summed E-state index contributed by atoms with van der Waals surface area (Å²) in [5, 5.41) is 2.88. The van der Waals surface area contributed by atoms with E-state index in [2.05, 4.69) is 10.3 Å². The van der Waals surface area contributed by atoms with Gasteiger partial charge in [-0.2, -0.15) is 0 Å². The first-order chi connectivity index (χ1) is 13.6. The summed E-state index contributed by atoms with van der Waals surface area (Å²) in [6, 6.07) is 16.7. The topological polar surface area (TPSA) is 60.5 Å². The Morgan fingerprint density at radius 1 is 1.00 bits per heavy atom. The number of carbonyl (C=O) groups excluding carboxylic acids is 1. The normalized spacial score (nSPS) is 10.4. The molecule has 0 saturated carbocycles. The molecule has 0 unspecified atom stereocenters. The summed E-state index contributed by atoms with van der Waals surface area (Å²) >= 11 is 0. The van der Waals surface area contributed by atoms with E-state index in [0.717, 1.165) is 16.9 Å². The third kappa shape index (κ3) is 5.81. The number of carbonyl (C=O) groups is 1. The van der Waals surface area contributed by atoms with E-state index < -0.39 is 0 Å². The quantitative estimate of drug-likeness (QED) is 0.634. The number of benzene rings is 2. The Labute approximate surface area is 163 Å². The molecule has 0 fully saturated rings. The van der Waals surface area contributed by atoms with Crippen molar-refractivity contribution in [3.05, 3.63) is 83.8 Å². The molecule has 144 valence electrons. The summed E-state index contributed by atoms with van der Waals surface area (Å²) in [5.74, 6) is 1.25. The highest BCUT2D eigenvalue weighted by atomic mass is 19.1. The van der Waals surface area contributed by atoms with Gasteiger partial charge in [-0.25, -0.2) is 9.37 Å². The van der Waals surface area contributed by atoms with Crippen LogP contribution in [-0.2, 0) is 17.8 Å². The van der Waals surface area contributed by atoms with Gasteiger partial charge < -0.3 is 14.8 Å². The molecule has 5 nitrogen and oxygen atoms in total. The second-order valence-corrected chi connectivity index (χ2v) is 6.09. The number of rotatable bonds is 8. The number of nitrogens with zero attached hydrogens (tertiary/aromatic N) is 1. The summed E-state index contributed by atoms with van der Waals surface area (Å²) in [7, 11) is 0. The molecule has 0 spiro atoms. The van der Waals surface area contributed by atoms with Crippen LogP contribution < -0.4 is 14.8 Å². The number of ether oxygens (including phenoxy) is 2. The van der Waals surface area contributed by atoms with Crippen molar-refractivity contribution < 1.29 is 18.7 Å². The van der Waals surface area contributed by atoms with Crippen molar-refractivity contribution in [2.45, 2.75) is 19.9 Å². The van der Waals surface area contributed by atoms with Crippen LogP contribution in [0, 0.1) is 5.82 Å². The van der Waals surface area contributed by atoms with Crippen molar-refractivity contribution in [1.82, 2.24) is 10.3 Å². The monoisotopic (exact) mass is 380 g/mol. The molecule has 1 amide bonds.